The molecular formula is C25H26N4O3. The van der Waals surface area contributed by atoms with Gasteiger partial charge < -0.3 is 19.4 Å². The lowest BCUT2D eigenvalue weighted by atomic mass is 10.1. The lowest BCUT2D eigenvalue weighted by molar-refractivity contribution is 0.0950. The van der Waals surface area contributed by atoms with Gasteiger partial charge in [-0.25, -0.2) is 4.98 Å². The largest absolute Gasteiger partial charge is 0.481 e. The van der Waals surface area contributed by atoms with E-state index in [-0.39, 0.29) is 7.33 Å². The Kier molecular flexibility index (Phi) is 6.17. The van der Waals surface area contributed by atoms with E-state index in [2.05, 4.69) is 15.3 Å². The zero-order chi connectivity index (χ0) is 22.5. The smallest absolute Gasteiger partial charge is 0.251 e. The Hall–Kier alpha value is -4.13. The predicted molar refractivity (Wildman–Crippen MR) is 124 cm³/mol. The number of aryl methyl sites for hydroxylation is 1. The summed E-state index contributed by atoms with van der Waals surface area (Å²) < 4.78 is 13.1. The van der Waals surface area contributed by atoms with Crippen LogP contribution in [0.25, 0.3) is 11.3 Å². The van der Waals surface area contributed by atoms with Gasteiger partial charge in [0.15, 0.2) is 0 Å². The molecule has 0 fully saturated rings. The molecule has 0 saturated heterocycles. The highest BCUT2D eigenvalue weighted by Gasteiger charge is 2.14. The van der Waals surface area contributed by atoms with Crippen LogP contribution in [0, 0.1) is 6.92 Å². The van der Waals surface area contributed by atoms with Gasteiger partial charge in [-0.2, -0.15) is 0 Å². The summed E-state index contributed by atoms with van der Waals surface area (Å²) in [5.74, 6) is 1.63. The van der Waals surface area contributed by atoms with Crippen molar-refractivity contribution in [2.45, 2.75) is 13.5 Å². The Balaban J connectivity index is 0.00000306. The third-order valence-corrected chi connectivity index (χ3v) is 5.08. The molecule has 0 radical (unpaired) electrons. The minimum atomic E-state index is -0.177. The van der Waals surface area contributed by atoms with Crippen LogP contribution in [0.5, 0.6) is 17.4 Å². The molecule has 0 unspecified atom stereocenters. The summed E-state index contributed by atoms with van der Waals surface area (Å²) in [5, 5.41) is 2.93. The standard InChI is InChI=1S/C25H24N4O3.H2/c1-17-21(25(30)28-15-18-7-8-24(31-3)27-14-18)5-4-6-23(17)32-20-9-11-26-22(13-20)19-10-12-29(2)16-19;/h4-14,16H,15H2,1-3H3,(H,28,30);1H. The SMILES string of the molecule is COc1ccc(CNC(=O)c2cccc(Oc3ccnc(-c4ccn(C)c4)c3)c2C)cn1.[HH]. The van der Waals surface area contributed by atoms with Crippen LogP contribution in [0.1, 0.15) is 22.9 Å². The molecule has 0 spiro atoms. The second-order valence-corrected chi connectivity index (χ2v) is 7.36. The summed E-state index contributed by atoms with van der Waals surface area (Å²) in [7, 11) is 3.53. The van der Waals surface area contributed by atoms with Crippen LogP contribution in [0.15, 0.2) is 73.3 Å². The lowest BCUT2D eigenvalue weighted by Gasteiger charge is -2.13. The molecule has 0 aliphatic rings. The zero-order valence-electron chi connectivity index (χ0n) is 18.2. The number of hydrogen-bond donors (Lipinski definition) is 1. The monoisotopic (exact) mass is 430 g/mol. The van der Waals surface area contributed by atoms with Crippen molar-refractivity contribution in [2.24, 2.45) is 7.05 Å². The highest BCUT2D eigenvalue weighted by molar-refractivity contribution is 5.96. The van der Waals surface area contributed by atoms with Crippen molar-refractivity contribution in [1.29, 1.82) is 0 Å². The minimum absolute atomic E-state index is 0. The van der Waals surface area contributed by atoms with Gasteiger partial charge in [0.05, 0.1) is 12.8 Å². The number of methoxy groups -OCH3 is 1. The van der Waals surface area contributed by atoms with Crippen molar-refractivity contribution < 1.29 is 15.7 Å². The van der Waals surface area contributed by atoms with Gasteiger partial charge in [0.1, 0.15) is 11.5 Å². The van der Waals surface area contributed by atoms with Crippen LogP contribution in [-0.2, 0) is 13.6 Å². The van der Waals surface area contributed by atoms with Crippen LogP contribution in [0.2, 0.25) is 0 Å². The quantitative estimate of drug-likeness (QED) is 0.457. The number of rotatable bonds is 7. The van der Waals surface area contributed by atoms with Crippen molar-refractivity contribution in [1.82, 2.24) is 19.9 Å². The Morgan fingerprint density at radius 3 is 2.75 bits per heavy atom. The fraction of sp³-hybridized carbons (Fsp3) is 0.160. The van der Waals surface area contributed by atoms with Gasteiger partial charge in [-0.1, -0.05) is 12.1 Å². The van der Waals surface area contributed by atoms with E-state index in [1.807, 2.05) is 61.3 Å². The maximum atomic E-state index is 12.8. The van der Waals surface area contributed by atoms with Gasteiger partial charge >= 0.3 is 0 Å². The van der Waals surface area contributed by atoms with Gasteiger partial charge in [-0.05, 0) is 36.8 Å². The molecule has 4 rings (SSSR count). The number of nitrogens with zero attached hydrogens (tertiary/aromatic N) is 3. The average Bonchev–Trinajstić information content (AvgIpc) is 3.26. The number of nitrogens with one attached hydrogen (secondary N) is 1. The molecule has 0 aliphatic carbocycles. The molecular weight excluding hydrogens is 404 g/mol. The Morgan fingerprint density at radius 2 is 2.03 bits per heavy atom. The first kappa shape index (κ1) is 21.1. The van der Waals surface area contributed by atoms with Crippen molar-refractivity contribution >= 4 is 5.91 Å². The molecule has 7 nitrogen and oxygen atoms in total. The molecule has 4 aromatic rings. The molecule has 3 heterocycles. The van der Waals surface area contributed by atoms with Crippen LogP contribution >= 0.6 is 0 Å². The number of benzene rings is 1. The summed E-state index contributed by atoms with van der Waals surface area (Å²) in [6.07, 6.45) is 7.37. The van der Waals surface area contributed by atoms with Gasteiger partial charge in [0.2, 0.25) is 5.88 Å². The molecule has 1 N–H and O–H groups in total. The summed E-state index contributed by atoms with van der Waals surface area (Å²) in [5.41, 5.74) is 4.03. The second-order valence-electron chi connectivity index (χ2n) is 7.36. The van der Waals surface area contributed by atoms with Gasteiger partial charge in [0, 0.05) is 68.6 Å². The first-order valence-corrected chi connectivity index (χ1v) is 10.2. The maximum Gasteiger partial charge on any atom is 0.251 e. The predicted octanol–water partition coefficient (Wildman–Crippen LogP) is 4.77. The molecule has 164 valence electrons. The van der Waals surface area contributed by atoms with Crippen molar-refractivity contribution in [3.63, 3.8) is 0 Å². The van der Waals surface area contributed by atoms with Gasteiger partial charge in [-0.15, -0.1) is 0 Å². The van der Waals surface area contributed by atoms with Crippen LogP contribution in [0.3, 0.4) is 0 Å². The fourth-order valence-electron chi connectivity index (χ4n) is 3.30. The van der Waals surface area contributed by atoms with Crippen molar-refractivity contribution in [3.8, 4) is 28.6 Å². The second kappa shape index (κ2) is 9.34. The van der Waals surface area contributed by atoms with Crippen LogP contribution in [-0.4, -0.2) is 27.6 Å². The van der Waals surface area contributed by atoms with E-state index >= 15 is 0 Å². The van der Waals surface area contributed by atoms with E-state index in [9.17, 15) is 4.79 Å². The van der Waals surface area contributed by atoms with E-state index in [0.29, 0.717) is 29.5 Å². The molecule has 1 aromatic carbocycles. The zero-order valence-corrected chi connectivity index (χ0v) is 18.2. The van der Waals surface area contributed by atoms with E-state index in [1.54, 1.807) is 37.7 Å². The Morgan fingerprint density at radius 1 is 1.16 bits per heavy atom. The fourth-order valence-corrected chi connectivity index (χ4v) is 3.30. The minimum Gasteiger partial charge on any atom is -0.481 e. The first-order chi connectivity index (χ1) is 15.5. The first-order valence-electron chi connectivity index (χ1n) is 10.2. The molecule has 0 atom stereocenters. The van der Waals surface area contributed by atoms with Crippen molar-refractivity contribution in [2.75, 3.05) is 7.11 Å². The molecule has 0 aliphatic heterocycles. The highest BCUT2D eigenvalue weighted by Crippen LogP contribution is 2.29. The summed E-state index contributed by atoms with van der Waals surface area (Å²) in [6, 6.07) is 14.8. The number of carbonyl (C=O) groups excluding carboxylic acids is 1. The Labute approximate surface area is 188 Å². The molecule has 7 heteroatoms. The number of pyridine rings is 2. The lowest BCUT2D eigenvalue weighted by Crippen LogP contribution is -2.23. The number of amides is 1. The van der Waals surface area contributed by atoms with Gasteiger partial charge in [0.25, 0.3) is 5.91 Å². The maximum absolute atomic E-state index is 12.8. The third-order valence-electron chi connectivity index (χ3n) is 5.08. The highest BCUT2D eigenvalue weighted by atomic mass is 16.5. The molecule has 3 aromatic heterocycles. The average molecular weight is 431 g/mol. The summed E-state index contributed by atoms with van der Waals surface area (Å²) >= 11 is 0. The summed E-state index contributed by atoms with van der Waals surface area (Å²) in [6.45, 7) is 2.24. The van der Waals surface area contributed by atoms with Crippen LogP contribution < -0.4 is 14.8 Å². The number of carbonyl (C=O) groups is 1. The topological polar surface area (TPSA) is 78.3 Å². The van der Waals surface area contributed by atoms with E-state index < -0.39 is 0 Å². The molecule has 32 heavy (non-hydrogen) atoms. The van der Waals surface area contributed by atoms with Crippen LogP contribution in [0.4, 0.5) is 0 Å². The number of aromatic nitrogens is 3. The summed E-state index contributed by atoms with van der Waals surface area (Å²) in [4.78, 5) is 21.4. The number of ether oxygens (including phenoxy) is 2. The van der Waals surface area contributed by atoms with Crippen molar-refractivity contribution in [3.05, 3.63) is 90.0 Å². The van der Waals surface area contributed by atoms with E-state index in [0.717, 1.165) is 22.4 Å². The third kappa shape index (κ3) is 4.78. The molecule has 1 amide bonds. The normalized spacial score (nSPS) is 10.6. The molecule has 0 saturated carbocycles. The number of hydrogen-bond acceptors (Lipinski definition) is 5. The van der Waals surface area contributed by atoms with E-state index in [1.165, 1.54) is 0 Å². The van der Waals surface area contributed by atoms with E-state index in [4.69, 9.17) is 9.47 Å². The molecule has 0 bridgehead atoms. The Bertz CT molecular complexity index is 1240. The van der Waals surface area contributed by atoms with Gasteiger partial charge in [-0.3, -0.25) is 9.78 Å².